The van der Waals surface area contributed by atoms with Crippen LogP contribution in [-0.4, -0.2) is 29.1 Å². The molecule has 0 aliphatic carbocycles. The number of thiazole rings is 1. The van der Waals surface area contributed by atoms with E-state index in [0.717, 1.165) is 16.5 Å². The maximum Gasteiger partial charge on any atom is 0.226 e. The van der Waals surface area contributed by atoms with Crippen LogP contribution in [0.5, 0.6) is 0 Å². The molecule has 2 heterocycles. The Morgan fingerprint density at radius 3 is 3.06 bits per heavy atom. The lowest BCUT2D eigenvalue weighted by Gasteiger charge is -1.99. The molecule has 0 atom stereocenters. The van der Waals surface area contributed by atoms with Crippen LogP contribution < -0.4 is 5.32 Å². The topological polar surface area (TPSA) is 75.4 Å². The van der Waals surface area contributed by atoms with Crippen molar-refractivity contribution in [1.82, 2.24) is 10.3 Å². The highest BCUT2D eigenvalue weighted by molar-refractivity contribution is 7.13. The minimum atomic E-state index is -0.142. The van der Waals surface area contributed by atoms with E-state index >= 15 is 0 Å². The second kappa shape index (κ2) is 5.79. The molecule has 0 aromatic carbocycles. The summed E-state index contributed by atoms with van der Waals surface area (Å²) in [6, 6.07) is 3.74. The Hall–Kier alpha value is -1.66. The molecule has 96 valence electrons. The van der Waals surface area contributed by atoms with Gasteiger partial charge in [-0.3, -0.25) is 4.79 Å². The second-order valence-electron chi connectivity index (χ2n) is 3.80. The summed E-state index contributed by atoms with van der Waals surface area (Å²) in [5, 5.41) is 13.8. The number of carbonyl (C=O) groups excluding carboxylic acids is 1. The summed E-state index contributed by atoms with van der Waals surface area (Å²) < 4.78 is 5.47. The smallest absolute Gasteiger partial charge is 0.226 e. The van der Waals surface area contributed by atoms with Crippen LogP contribution in [-0.2, 0) is 11.2 Å². The van der Waals surface area contributed by atoms with Crippen molar-refractivity contribution in [2.24, 2.45) is 0 Å². The summed E-state index contributed by atoms with van der Waals surface area (Å²) >= 11 is 1.45. The zero-order valence-corrected chi connectivity index (χ0v) is 10.8. The van der Waals surface area contributed by atoms with Crippen LogP contribution in [0.3, 0.4) is 0 Å². The van der Waals surface area contributed by atoms with Gasteiger partial charge in [0.2, 0.25) is 5.91 Å². The summed E-state index contributed by atoms with van der Waals surface area (Å²) in [5.74, 6) is 1.42. The number of aryl methyl sites for hydroxylation is 1. The first kappa shape index (κ1) is 12.8. The number of aliphatic hydroxyl groups excluding tert-OH is 1. The SMILES string of the molecule is Cc1ccc(-c2nc(CC(=O)NCCO)cs2)o1. The molecule has 0 saturated carbocycles. The zero-order chi connectivity index (χ0) is 13.0. The number of aliphatic hydroxyl groups is 1. The fourth-order valence-corrected chi connectivity index (χ4v) is 2.25. The Labute approximate surface area is 108 Å². The van der Waals surface area contributed by atoms with E-state index in [4.69, 9.17) is 9.52 Å². The molecule has 0 aliphatic rings. The number of aromatic nitrogens is 1. The number of hydrogen-bond donors (Lipinski definition) is 2. The third-order valence-electron chi connectivity index (χ3n) is 2.28. The fourth-order valence-electron chi connectivity index (χ4n) is 1.47. The van der Waals surface area contributed by atoms with Crippen LogP contribution >= 0.6 is 11.3 Å². The average molecular weight is 266 g/mol. The van der Waals surface area contributed by atoms with Crippen molar-refractivity contribution in [3.8, 4) is 10.8 Å². The molecule has 2 N–H and O–H groups in total. The lowest BCUT2D eigenvalue weighted by atomic mass is 10.3. The zero-order valence-electron chi connectivity index (χ0n) is 9.97. The number of carbonyl (C=O) groups is 1. The first-order valence-corrected chi connectivity index (χ1v) is 6.46. The van der Waals surface area contributed by atoms with Gasteiger partial charge in [-0.15, -0.1) is 11.3 Å². The van der Waals surface area contributed by atoms with E-state index in [1.807, 2.05) is 24.4 Å². The van der Waals surface area contributed by atoms with E-state index < -0.39 is 0 Å². The molecule has 2 aromatic heterocycles. The Bertz CT molecular complexity index is 533. The molecule has 2 rings (SSSR count). The summed E-state index contributed by atoms with van der Waals surface area (Å²) in [7, 11) is 0. The predicted octanol–water partition coefficient (Wildman–Crippen LogP) is 1.36. The lowest BCUT2D eigenvalue weighted by Crippen LogP contribution is -2.27. The van der Waals surface area contributed by atoms with Crippen LogP contribution in [0.15, 0.2) is 21.9 Å². The van der Waals surface area contributed by atoms with Crippen molar-refractivity contribution in [2.75, 3.05) is 13.2 Å². The normalized spacial score (nSPS) is 10.6. The van der Waals surface area contributed by atoms with Crippen molar-refractivity contribution in [3.05, 3.63) is 29.0 Å². The number of amides is 1. The van der Waals surface area contributed by atoms with Crippen molar-refractivity contribution in [3.63, 3.8) is 0 Å². The fraction of sp³-hybridized carbons (Fsp3) is 0.333. The third kappa shape index (κ3) is 3.18. The van der Waals surface area contributed by atoms with Crippen LogP contribution in [0.25, 0.3) is 10.8 Å². The van der Waals surface area contributed by atoms with Gasteiger partial charge in [0.05, 0.1) is 18.7 Å². The van der Waals surface area contributed by atoms with Crippen LogP contribution in [0.4, 0.5) is 0 Å². The molecule has 0 spiro atoms. The van der Waals surface area contributed by atoms with Gasteiger partial charge in [0.1, 0.15) is 5.76 Å². The van der Waals surface area contributed by atoms with Gasteiger partial charge in [0, 0.05) is 11.9 Å². The third-order valence-corrected chi connectivity index (χ3v) is 3.18. The van der Waals surface area contributed by atoms with Gasteiger partial charge in [0.25, 0.3) is 0 Å². The minimum Gasteiger partial charge on any atom is -0.459 e. The van der Waals surface area contributed by atoms with Crippen LogP contribution in [0, 0.1) is 6.92 Å². The van der Waals surface area contributed by atoms with Gasteiger partial charge in [-0.1, -0.05) is 0 Å². The van der Waals surface area contributed by atoms with Gasteiger partial charge >= 0.3 is 0 Å². The van der Waals surface area contributed by atoms with Crippen LogP contribution in [0.2, 0.25) is 0 Å². The Kier molecular flexibility index (Phi) is 4.11. The summed E-state index contributed by atoms with van der Waals surface area (Å²) in [4.78, 5) is 15.8. The Balaban J connectivity index is 2.00. The number of nitrogens with one attached hydrogen (secondary N) is 1. The number of rotatable bonds is 5. The quantitative estimate of drug-likeness (QED) is 0.857. The molecule has 0 bridgehead atoms. The maximum atomic E-state index is 11.4. The van der Waals surface area contributed by atoms with Gasteiger partial charge in [0.15, 0.2) is 10.8 Å². The highest BCUT2D eigenvalue weighted by Gasteiger charge is 2.10. The molecule has 6 heteroatoms. The number of furan rings is 1. The molecule has 2 aromatic rings. The number of hydrogen-bond acceptors (Lipinski definition) is 5. The molecule has 0 aliphatic heterocycles. The summed E-state index contributed by atoms with van der Waals surface area (Å²) in [6.07, 6.45) is 0.218. The van der Waals surface area contributed by atoms with Crippen molar-refractivity contribution >= 4 is 17.2 Å². The molecule has 0 fully saturated rings. The molecular formula is C12H14N2O3S. The molecular weight excluding hydrogens is 252 g/mol. The Morgan fingerprint density at radius 1 is 1.56 bits per heavy atom. The van der Waals surface area contributed by atoms with E-state index in [1.165, 1.54) is 11.3 Å². The summed E-state index contributed by atoms with van der Waals surface area (Å²) in [6.45, 7) is 2.09. The minimum absolute atomic E-state index is 0.0558. The maximum absolute atomic E-state index is 11.4. The van der Waals surface area contributed by atoms with E-state index in [-0.39, 0.29) is 25.5 Å². The van der Waals surface area contributed by atoms with Gasteiger partial charge in [-0.2, -0.15) is 0 Å². The van der Waals surface area contributed by atoms with E-state index in [9.17, 15) is 4.79 Å². The molecule has 0 radical (unpaired) electrons. The summed E-state index contributed by atoms with van der Waals surface area (Å²) in [5.41, 5.74) is 0.708. The second-order valence-corrected chi connectivity index (χ2v) is 4.66. The number of nitrogens with zero attached hydrogens (tertiary/aromatic N) is 1. The van der Waals surface area contributed by atoms with Gasteiger partial charge < -0.3 is 14.8 Å². The molecule has 1 amide bonds. The van der Waals surface area contributed by atoms with E-state index in [2.05, 4.69) is 10.3 Å². The first-order valence-electron chi connectivity index (χ1n) is 5.58. The molecule has 18 heavy (non-hydrogen) atoms. The van der Waals surface area contributed by atoms with Crippen molar-refractivity contribution < 1.29 is 14.3 Å². The van der Waals surface area contributed by atoms with Gasteiger partial charge in [-0.05, 0) is 19.1 Å². The van der Waals surface area contributed by atoms with E-state index in [0.29, 0.717) is 5.69 Å². The van der Waals surface area contributed by atoms with Gasteiger partial charge in [-0.25, -0.2) is 4.98 Å². The predicted molar refractivity (Wildman–Crippen MR) is 68.4 cm³/mol. The highest BCUT2D eigenvalue weighted by atomic mass is 32.1. The monoisotopic (exact) mass is 266 g/mol. The standard InChI is InChI=1S/C12H14N2O3S/c1-8-2-3-10(17-8)12-14-9(7-18-12)6-11(16)13-4-5-15/h2-3,7,15H,4-6H2,1H3,(H,13,16). The average Bonchev–Trinajstić information content (AvgIpc) is 2.95. The molecule has 0 unspecified atom stereocenters. The van der Waals surface area contributed by atoms with Crippen LogP contribution in [0.1, 0.15) is 11.5 Å². The highest BCUT2D eigenvalue weighted by Crippen LogP contribution is 2.25. The molecule has 0 saturated heterocycles. The van der Waals surface area contributed by atoms with E-state index in [1.54, 1.807) is 0 Å². The lowest BCUT2D eigenvalue weighted by molar-refractivity contribution is -0.120. The largest absolute Gasteiger partial charge is 0.459 e. The first-order chi connectivity index (χ1) is 8.69. The Morgan fingerprint density at radius 2 is 2.39 bits per heavy atom. The van der Waals surface area contributed by atoms with Crippen molar-refractivity contribution in [2.45, 2.75) is 13.3 Å². The van der Waals surface area contributed by atoms with Crippen molar-refractivity contribution in [1.29, 1.82) is 0 Å². The molecule has 5 nitrogen and oxygen atoms in total.